The number of carbonyl (C=O) groups is 3. The first-order valence-corrected chi connectivity index (χ1v) is 10.4. The average Bonchev–Trinajstić information content (AvgIpc) is 3.34. The Kier molecular flexibility index (Phi) is 4.84. The fourth-order valence-electron chi connectivity index (χ4n) is 4.36. The van der Waals surface area contributed by atoms with Crippen LogP contribution < -0.4 is 0 Å². The van der Waals surface area contributed by atoms with E-state index < -0.39 is 0 Å². The number of thiophene rings is 1. The molecular weight excluding hydrogens is 366 g/mol. The van der Waals surface area contributed by atoms with E-state index in [4.69, 9.17) is 4.74 Å². The number of hydrogen-bond acceptors (Lipinski definition) is 5. The predicted molar refractivity (Wildman–Crippen MR) is 101 cm³/mol. The van der Waals surface area contributed by atoms with Crippen molar-refractivity contribution in [3.63, 3.8) is 0 Å². The van der Waals surface area contributed by atoms with Gasteiger partial charge in [-0.2, -0.15) is 0 Å². The summed E-state index contributed by atoms with van der Waals surface area (Å²) in [5, 5.41) is 0. The summed E-state index contributed by atoms with van der Waals surface area (Å²) >= 11 is 1.52. The molecule has 3 fully saturated rings. The van der Waals surface area contributed by atoms with Crippen LogP contribution in [0.25, 0.3) is 0 Å². The summed E-state index contributed by atoms with van der Waals surface area (Å²) in [6.07, 6.45) is 1.47. The molecule has 1 aromatic rings. The van der Waals surface area contributed by atoms with E-state index in [1.807, 2.05) is 35.8 Å². The average molecular weight is 391 g/mol. The lowest BCUT2D eigenvalue weighted by molar-refractivity contribution is -0.130. The van der Waals surface area contributed by atoms with Crippen molar-refractivity contribution in [3.8, 4) is 0 Å². The van der Waals surface area contributed by atoms with Crippen molar-refractivity contribution in [2.45, 2.75) is 51.3 Å². The summed E-state index contributed by atoms with van der Waals surface area (Å²) < 4.78 is 5.54. The van der Waals surface area contributed by atoms with E-state index in [0.717, 1.165) is 22.6 Å². The predicted octanol–water partition coefficient (Wildman–Crippen LogP) is 2.10. The van der Waals surface area contributed by atoms with Gasteiger partial charge in [-0.3, -0.25) is 14.5 Å². The van der Waals surface area contributed by atoms with E-state index in [1.54, 1.807) is 4.90 Å². The van der Waals surface area contributed by atoms with Gasteiger partial charge in [0.15, 0.2) is 0 Å². The molecule has 0 saturated carbocycles. The van der Waals surface area contributed by atoms with Crippen molar-refractivity contribution in [2.75, 3.05) is 26.2 Å². The van der Waals surface area contributed by atoms with Crippen LogP contribution in [0.15, 0.2) is 12.1 Å². The molecule has 4 rings (SSSR count). The third kappa shape index (κ3) is 3.31. The monoisotopic (exact) mass is 391 g/mol. The zero-order valence-corrected chi connectivity index (χ0v) is 16.5. The van der Waals surface area contributed by atoms with Crippen LogP contribution in [0.5, 0.6) is 0 Å². The molecule has 0 unspecified atom stereocenters. The molecule has 0 spiro atoms. The highest BCUT2D eigenvalue weighted by Crippen LogP contribution is 2.32. The van der Waals surface area contributed by atoms with Crippen molar-refractivity contribution < 1.29 is 19.1 Å². The van der Waals surface area contributed by atoms with Gasteiger partial charge in [0, 0.05) is 37.0 Å². The Balaban J connectivity index is 1.38. The SMILES string of the molecule is CCC(=O)N1C[C@@H]2OC(=O)N(C3CCN(C(=O)c4ccc(C)s4)CC3)[C@@H]2C1. The molecule has 1 aromatic heterocycles. The smallest absolute Gasteiger partial charge is 0.410 e. The summed E-state index contributed by atoms with van der Waals surface area (Å²) in [7, 11) is 0. The molecule has 2 atom stereocenters. The van der Waals surface area contributed by atoms with Crippen LogP contribution >= 0.6 is 11.3 Å². The number of nitrogens with zero attached hydrogens (tertiary/aromatic N) is 3. The van der Waals surface area contributed by atoms with Gasteiger partial charge in [0.05, 0.1) is 17.5 Å². The van der Waals surface area contributed by atoms with Crippen LogP contribution in [-0.2, 0) is 9.53 Å². The van der Waals surface area contributed by atoms with E-state index in [1.165, 1.54) is 11.3 Å². The van der Waals surface area contributed by atoms with Crippen LogP contribution in [0.1, 0.15) is 40.7 Å². The van der Waals surface area contributed by atoms with E-state index in [9.17, 15) is 14.4 Å². The minimum atomic E-state index is -0.271. The van der Waals surface area contributed by atoms with Gasteiger partial charge in [-0.25, -0.2) is 4.79 Å². The highest BCUT2D eigenvalue weighted by Gasteiger charge is 2.51. The Hall–Kier alpha value is -2.09. The molecule has 7 nitrogen and oxygen atoms in total. The van der Waals surface area contributed by atoms with Crippen LogP contribution in [0.3, 0.4) is 0 Å². The van der Waals surface area contributed by atoms with E-state index in [-0.39, 0.29) is 36.1 Å². The van der Waals surface area contributed by atoms with Gasteiger partial charge >= 0.3 is 6.09 Å². The molecule has 146 valence electrons. The second-order valence-corrected chi connectivity index (χ2v) is 8.77. The molecule has 0 radical (unpaired) electrons. The lowest BCUT2D eigenvalue weighted by atomic mass is 10.0. The Morgan fingerprint density at radius 3 is 2.56 bits per heavy atom. The summed E-state index contributed by atoms with van der Waals surface area (Å²) in [5.74, 6) is 0.182. The van der Waals surface area contributed by atoms with Gasteiger partial charge in [-0.05, 0) is 31.9 Å². The number of aryl methyl sites for hydroxylation is 1. The van der Waals surface area contributed by atoms with Crippen LogP contribution in [0, 0.1) is 6.92 Å². The van der Waals surface area contributed by atoms with Gasteiger partial charge in [0.1, 0.15) is 6.10 Å². The van der Waals surface area contributed by atoms with Gasteiger partial charge in [0.25, 0.3) is 5.91 Å². The minimum Gasteiger partial charge on any atom is -0.442 e. The Labute approximate surface area is 162 Å². The number of fused-ring (bicyclic) bond motifs is 1. The molecule has 3 aliphatic rings. The maximum absolute atomic E-state index is 12.6. The molecule has 3 saturated heterocycles. The number of carbonyl (C=O) groups excluding carboxylic acids is 3. The fraction of sp³-hybridized carbons (Fsp3) is 0.632. The first-order valence-electron chi connectivity index (χ1n) is 9.60. The normalized spacial score (nSPS) is 25.7. The maximum Gasteiger partial charge on any atom is 0.410 e. The van der Waals surface area contributed by atoms with E-state index >= 15 is 0 Å². The Bertz CT molecular complexity index is 756. The number of ether oxygens (including phenoxy) is 1. The first kappa shape index (κ1) is 18.3. The van der Waals surface area contributed by atoms with Gasteiger partial charge in [0.2, 0.25) is 5.91 Å². The molecule has 8 heteroatoms. The van der Waals surface area contributed by atoms with Gasteiger partial charge in [-0.15, -0.1) is 11.3 Å². The van der Waals surface area contributed by atoms with Gasteiger partial charge < -0.3 is 14.5 Å². The second-order valence-electron chi connectivity index (χ2n) is 7.48. The first-order chi connectivity index (χ1) is 13.0. The van der Waals surface area contributed by atoms with Crippen molar-refractivity contribution in [1.82, 2.24) is 14.7 Å². The largest absolute Gasteiger partial charge is 0.442 e. The third-order valence-electron chi connectivity index (χ3n) is 5.81. The molecule has 3 amide bonds. The summed E-state index contributed by atoms with van der Waals surface area (Å²) in [6.45, 7) is 6.17. The molecule has 3 aliphatic heterocycles. The summed E-state index contributed by atoms with van der Waals surface area (Å²) in [5.41, 5.74) is 0. The Morgan fingerprint density at radius 2 is 1.93 bits per heavy atom. The molecule has 27 heavy (non-hydrogen) atoms. The zero-order valence-electron chi connectivity index (χ0n) is 15.7. The lowest BCUT2D eigenvalue weighted by Crippen LogP contribution is -2.51. The highest BCUT2D eigenvalue weighted by molar-refractivity contribution is 7.13. The van der Waals surface area contributed by atoms with Crippen LogP contribution in [-0.4, -0.2) is 77.0 Å². The van der Waals surface area contributed by atoms with E-state index in [0.29, 0.717) is 32.6 Å². The van der Waals surface area contributed by atoms with Crippen molar-refractivity contribution >= 4 is 29.2 Å². The summed E-state index contributed by atoms with van der Waals surface area (Å²) in [4.78, 5) is 44.4. The molecule has 0 aromatic carbocycles. The van der Waals surface area contributed by atoms with E-state index in [2.05, 4.69) is 0 Å². The zero-order chi connectivity index (χ0) is 19.1. The molecule has 0 bridgehead atoms. The number of rotatable bonds is 3. The van der Waals surface area contributed by atoms with Crippen LogP contribution in [0.4, 0.5) is 4.79 Å². The number of hydrogen-bond donors (Lipinski definition) is 0. The lowest BCUT2D eigenvalue weighted by Gasteiger charge is -2.37. The standard InChI is InChI=1S/C19H25N3O4S/c1-3-17(23)21-10-14-15(11-21)26-19(25)22(14)13-6-8-20(9-7-13)18(24)16-5-4-12(2)27-16/h4-5,13-15H,3,6-11H2,1-2H3/t14-,15+/m1/s1. The molecule has 0 aliphatic carbocycles. The van der Waals surface area contributed by atoms with Crippen molar-refractivity contribution in [3.05, 3.63) is 21.9 Å². The molecular formula is C19H25N3O4S. The topological polar surface area (TPSA) is 70.2 Å². The highest BCUT2D eigenvalue weighted by atomic mass is 32.1. The number of piperidine rings is 1. The number of likely N-dealkylation sites (tertiary alicyclic amines) is 2. The summed E-state index contributed by atoms with van der Waals surface area (Å²) in [6, 6.07) is 3.86. The van der Waals surface area contributed by atoms with Crippen molar-refractivity contribution in [2.24, 2.45) is 0 Å². The molecule has 0 N–H and O–H groups in total. The van der Waals surface area contributed by atoms with Crippen LogP contribution in [0.2, 0.25) is 0 Å². The number of amides is 3. The molecule has 4 heterocycles. The maximum atomic E-state index is 12.6. The fourth-order valence-corrected chi connectivity index (χ4v) is 5.20. The Morgan fingerprint density at radius 1 is 1.19 bits per heavy atom. The third-order valence-corrected chi connectivity index (χ3v) is 6.80. The quantitative estimate of drug-likeness (QED) is 0.791. The minimum absolute atomic E-state index is 0.0554. The van der Waals surface area contributed by atoms with Crippen molar-refractivity contribution in [1.29, 1.82) is 0 Å². The van der Waals surface area contributed by atoms with Gasteiger partial charge in [-0.1, -0.05) is 6.92 Å². The second kappa shape index (κ2) is 7.14.